The number of aromatic nitrogens is 1. The Labute approximate surface area is 88.8 Å². The first-order chi connectivity index (χ1) is 7.40. The van der Waals surface area contributed by atoms with Crippen molar-refractivity contribution in [2.24, 2.45) is 5.90 Å². The van der Waals surface area contributed by atoms with Crippen molar-refractivity contribution in [2.75, 3.05) is 31.2 Å². The summed E-state index contributed by atoms with van der Waals surface area (Å²) in [6.07, 6.45) is 1.79. The van der Waals surface area contributed by atoms with Gasteiger partial charge in [0.25, 0.3) is 0 Å². The molecule has 5 nitrogen and oxygen atoms in total. The molecule has 2 rings (SSSR count). The molecule has 0 unspecified atom stereocenters. The Kier molecular flexibility index (Phi) is 3.49. The van der Waals surface area contributed by atoms with Gasteiger partial charge in [-0.15, -0.1) is 0 Å². The summed E-state index contributed by atoms with van der Waals surface area (Å²) in [4.78, 5) is 11.1. The molecule has 1 aliphatic heterocycles. The Morgan fingerprint density at radius 1 is 1.40 bits per heavy atom. The van der Waals surface area contributed by atoms with Gasteiger partial charge in [0, 0.05) is 19.3 Å². The van der Waals surface area contributed by atoms with Gasteiger partial charge in [0.1, 0.15) is 5.82 Å². The third-order valence-electron chi connectivity index (χ3n) is 2.39. The van der Waals surface area contributed by atoms with Crippen molar-refractivity contribution in [2.45, 2.75) is 6.61 Å². The molecule has 1 aromatic rings. The molecule has 1 aromatic heterocycles. The molecule has 15 heavy (non-hydrogen) atoms. The zero-order valence-electron chi connectivity index (χ0n) is 8.56. The van der Waals surface area contributed by atoms with Gasteiger partial charge in [0.2, 0.25) is 0 Å². The summed E-state index contributed by atoms with van der Waals surface area (Å²) in [7, 11) is 0. The van der Waals surface area contributed by atoms with Crippen LogP contribution in [0.15, 0.2) is 18.3 Å². The highest BCUT2D eigenvalue weighted by Gasteiger charge is 2.11. The third kappa shape index (κ3) is 2.65. The van der Waals surface area contributed by atoms with Crippen LogP contribution in [0.4, 0.5) is 5.82 Å². The van der Waals surface area contributed by atoms with Gasteiger partial charge in [0.05, 0.1) is 19.8 Å². The number of hydrogen-bond acceptors (Lipinski definition) is 5. The normalized spacial score (nSPS) is 16.7. The van der Waals surface area contributed by atoms with E-state index >= 15 is 0 Å². The summed E-state index contributed by atoms with van der Waals surface area (Å²) in [5.41, 5.74) is 0.981. The van der Waals surface area contributed by atoms with Gasteiger partial charge in [-0.1, -0.05) is 6.07 Å². The minimum Gasteiger partial charge on any atom is -0.378 e. The molecule has 82 valence electrons. The maximum atomic E-state index is 5.28. The Bertz CT molecular complexity index is 296. The summed E-state index contributed by atoms with van der Waals surface area (Å²) in [5.74, 6) is 5.97. The predicted molar refractivity (Wildman–Crippen MR) is 56.2 cm³/mol. The molecule has 0 atom stereocenters. The first-order valence-corrected chi connectivity index (χ1v) is 4.99. The van der Waals surface area contributed by atoms with E-state index in [1.54, 1.807) is 6.20 Å². The summed E-state index contributed by atoms with van der Waals surface area (Å²) >= 11 is 0. The van der Waals surface area contributed by atoms with Crippen molar-refractivity contribution in [3.8, 4) is 0 Å². The summed E-state index contributed by atoms with van der Waals surface area (Å²) in [6, 6.07) is 3.96. The van der Waals surface area contributed by atoms with Gasteiger partial charge in [-0.05, 0) is 11.6 Å². The van der Waals surface area contributed by atoms with E-state index in [0.29, 0.717) is 6.61 Å². The molecule has 5 heteroatoms. The molecule has 0 bridgehead atoms. The fraction of sp³-hybridized carbons (Fsp3) is 0.500. The summed E-state index contributed by atoms with van der Waals surface area (Å²) in [6.45, 7) is 3.75. The smallest absolute Gasteiger partial charge is 0.128 e. The van der Waals surface area contributed by atoms with Crippen LogP contribution in [0.2, 0.25) is 0 Å². The second kappa shape index (κ2) is 5.06. The monoisotopic (exact) mass is 209 g/mol. The van der Waals surface area contributed by atoms with E-state index in [-0.39, 0.29) is 0 Å². The van der Waals surface area contributed by atoms with E-state index in [1.165, 1.54) is 0 Å². The SMILES string of the molecule is NOCc1ccc(N2CCOCC2)nc1. The van der Waals surface area contributed by atoms with Crippen molar-refractivity contribution >= 4 is 5.82 Å². The molecule has 1 fully saturated rings. The number of hydrogen-bond donors (Lipinski definition) is 1. The van der Waals surface area contributed by atoms with Gasteiger partial charge in [-0.3, -0.25) is 4.84 Å². The van der Waals surface area contributed by atoms with Crippen molar-refractivity contribution in [3.05, 3.63) is 23.9 Å². The fourth-order valence-electron chi connectivity index (χ4n) is 1.58. The molecular weight excluding hydrogens is 194 g/mol. The molecular formula is C10H15N3O2. The molecule has 0 amide bonds. The largest absolute Gasteiger partial charge is 0.378 e. The fourth-order valence-corrected chi connectivity index (χ4v) is 1.58. The molecule has 1 saturated heterocycles. The lowest BCUT2D eigenvalue weighted by Crippen LogP contribution is -2.36. The van der Waals surface area contributed by atoms with Crippen LogP contribution in [-0.2, 0) is 16.2 Å². The first-order valence-electron chi connectivity index (χ1n) is 4.99. The standard InChI is InChI=1S/C10H15N3O2/c11-15-8-9-1-2-10(12-7-9)13-3-5-14-6-4-13/h1-2,7H,3-6,8,11H2. The minimum atomic E-state index is 0.399. The Morgan fingerprint density at radius 3 is 2.80 bits per heavy atom. The lowest BCUT2D eigenvalue weighted by molar-refractivity contribution is 0.122. The van der Waals surface area contributed by atoms with Crippen LogP contribution in [0.1, 0.15) is 5.56 Å². The van der Waals surface area contributed by atoms with Crippen LogP contribution in [0.3, 0.4) is 0 Å². The van der Waals surface area contributed by atoms with Crippen molar-refractivity contribution in [3.63, 3.8) is 0 Å². The van der Waals surface area contributed by atoms with E-state index in [9.17, 15) is 0 Å². The zero-order chi connectivity index (χ0) is 10.5. The van der Waals surface area contributed by atoms with Crippen LogP contribution < -0.4 is 10.8 Å². The minimum absolute atomic E-state index is 0.399. The molecule has 0 radical (unpaired) electrons. The number of nitrogens with zero attached hydrogens (tertiary/aromatic N) is 2. The zero-order valence-corrected chi connectivity index (χ0v) is 8.56. The number of ether oxygens (including phenoxy) is 1. The predicted octanol–water partition coefficient (Wildman–Crippen LogP) is 0.308. The van der Waals surface area contributed by atoms with Gasteiger partial charge in [0.15, 0.2) is 0 Å². The Balaban J connectivity index is 2.02. The second-order valence-electron chi connectivity index (χ2n) is 3.44. The number of morpholine rings is 1. The van der Waals surface area contributed by atoms with Crippen LogP contribution in [0, 0.1) is 0 Å². The van der Waals surface area contributed by atoms with Crippen LogP contribution >= 0.6 is 0 Å². The summed E-state index contributed by atoms with van der Waals surface area (Å²) in [5, 5.41) is 0. The lowest BCUT2D eigenvalue weighted by atomic mass is 10.3. The van der Waals surface area contributed by atoms with Crippen molar-refractivity contribution in [1.29, 1.82) is 0 Å². The van der Waals surface area contributed by atoms with Gasteiger partial charge in [-0.25, -0.2) is 10.9 Å². The van der Waals surface area contributed by atoms with E-state index in [1.807, 2.05) is 12.1 Å². The van der Waals surface area contributed by atoms with Crippen molar-refractivity contribution < 1.29 is 9.57 Å². The second-order valence-corrected chi connectivity index (χ2v) is 3.44. The van der Waals surface area contributed by atoms with E-state index < -0.39 is 0 Å². The number of anilines is 1. The number of pyridine rings is 1. The van der Waals surface area contributed by atoms with Crippen LogP contribution in [0.5, 0.6) is 0 Å². The number of nitrogens with two attached hydrogens (primary N) is 1. The average molecular weight is 209 g/mol. The quantitative estimate of drug-likeness (QED) is 0.726. The Morgan fingerprint density at radius 2 is 2.20 bits per heavy atom. The molecule has 1 aliphatic rings. The first kappa shape index (κ1) is 10.4. The van der Waals surface area contributed by atoms with Gasteiger partial charge in [-0.2, -0.15) is 0 Å². The van der Waals surface area contributed by atoms with E-state index in [2.05, 4.69) is 14.7 Å². The molecule has 2 heterocycles. The maximum Gasteiger partial charge on any atom is 0.128 e. The molecule has 0 spiro atoms. The van der Waals surface area contributed by atoms with Crippen LogP contribution in [0.25, 0.3) is 0 Å². The van der Waals surface area contributed by atoms with Crippen LogP contribution in [-0.4, -0.2) is 31.3 Å². The topological polar surface area (TPSA) is 60.6 Å². The molecule has 0 aromatic carbocycles. The highest BCUT2D eigenvalue weighted by molar-refractivity contribution is 5.39. The van der Waals surface area contributed by atoms with Gasteiger partial charge >= 0.3 is 0 Å². The highest BCUT2D eigenvalue weighted by atomic mass is 16.6. The molecule has 0 aliphatic carbocycles. The average Bonchev–Trinajstić information content (AvgIpc) is 2.32. The molecule has 0 saturated carbocycles. The summed E-state index contributed by atoms with van der Waals surface area (Å²) < 4.78 is 5.28. The van der Waals surface area contributed by atoms with Gasteiger partial charge < -0.3 is 9.64 Å². The van der Waals surface area contributed by atoms with Crippen molar-refractivity contribution in [1.82, 2.24) is 4.98 Å². The maximum absolute atomic E-state index is 5.28. The Hall–Kier alpha value is -1.17. The van der Waals surface area contributed by atoms with E-state index in [0.717, 1.165) is 37.7 Å². The van der Waals surface area contributed by atoms with E-state index in [4.69, 9.17) is 10.6 Å². The number of rotatable bonds is 3. The molecule has 2 N–H and O–H groups in total. The highest BCUT2D eigenvalue weighted by Crippen LogP contribution is 2.12. The lowest BCUT2D eigenvalue weighted by Gasteiger charge is -2.27. The third-order valence-corrected chi connectivity index (χ3v) is 2.39.